The Morgan fingerprint density at radius 1 is 0.923 bits per heavy atom. The quantitative estimate of drug-likeness (QED) is 0.783. The monoisotopic (exact) mass is 363 g/mol. The molecule has 2 amide bonds. The van der Waals surface area contributed by atoms with E-state index in [9.17, 15) is 27.6 Å². The zero-order valence-electron chi connectivity index (χ0n) is 13.2. The molecule has 0 saturated heterocycles. The average Bonchev–Trinajstić information content (AvgIpc) is 2.79. The van der Waals surface area contributed by atoms with Crippen molar-refractivity contribution < 1.29 is 32.4 Å². The average molecular weight is 363 g/mol. The van der Waals surface area contributed by atoms with Crippen LogP contribution in [0.4, 0.5) is 13.2 Å². The van der Waals surface area contributed by atoms with E-state index in [4.69, 9.17) is 4.84 Å². The van der Waals surface area contributed by atoms with Gasteiger partial charge in [0.2, 0.25) is 0 Å². The van der Waals surface area contributed by atoms with Gasteiger partial charge in [-0.2, -0.15) is 13.2 Å². The van der Waals surface area contributed by atoms with Crippen molar-refractivity contribution in [2.75, 3.05) is 0 Å². The van der Waals surface area contributed by atoms with Crippen LogP contribution in [0.2, 0.25) is 0 Å². The van der Waals surface area contributed by atoms with Gasteiger partial charge in [-0.1, -0.05) is 41.5 Å². The Bertz CT molecular complexity index is 857. The summed E-state index contributed by atoms with van der Waals surface area (Å²) in [6, 6.07) is 11.4. The van der Waals surface area contributed by atoms with E-state index in [-0.39, 0.29) is 28.7 Å². The molecular formula is C18H12F3NO4. The Labute approximate surface area is 145 Å². The molecule has 5 nitrogen and oxygen atoms in total. The van der Waals surface area contributed by atoms with Gasteiger partial charge in [0.15, 0.2) is 0 Å². The number of hydroxylamine groups is 2. The molecule has 0 saturated carbocycles. The summed E-state index contributed by atoms with van der Waals surface area (Å²) in [7, 11) is 0. The van der Waals surface area contributed by atoms with Crippen LogP contribution in [0, 0.1) is 0 Å². The van der Waals surface area contributed by atoms with Crippen LogP contribution in [0.1, 0.15) is 31.8 Å². The number of carbonyl (C=O) groups is 3. The molecule has 2 aromatic carbocycles. The maximum atomic E-state index is 12.4. The van der Waals surface area contributed by atoms with Crippen LogP contribution in [-0.2, 0) is 22.5 Å². The molecule has 0 radical (unpaired) electrons. The van der Waals surface area contributed by atoms with Gasteiger partial charge >= 0.3 is 12.1 Å². The van der Waals surface area contributed by atoms with Crippen LogP contribution in [-0.4, -0.2) is 29.0 Å². The van der Waals surface area contributed by atoms with Gasteiger partial charge in [-0.05, 0) is 23.3 Å². The van der Waals surface area contributed by atoms with Gasteiger partial charge in [-0.15, -0.1) is 0 Å². The van der Waals surface area contributed by atoms with Crippen LogP contribution >= 0.6 is 0 Å². The lowest BCUT2D eigenvalue weighted by Gasteiger charge is -2.13. The summed E-state index contributed by atoms with van der Waals surface area (Å²) in [5, 5.41) is 0.368. The van der Waals surface area contributed by atoms with E-state index in [2.05, 4.69) is 0 Å². The fourth-order valence-electron chi connectivity index (χ4n) is 2.63. The molecule has 0 aromatic heterocycles. The summed E-state index contributed by atoms with van der Waals surface area (Å²) in [4.78, 5) is 41.1. The Morgan fingerprint density at radius 2 is 1.50 bits per heavy atom. The minimum atomic E-state index is -4.36. The SMILES string of the molecule is O=C(Cc1cccc(CC(F)(F)F)c1)ON1C(=O)c2ccccc2C1=O. The predicted molar refractivity (Wildman–Crippen MR) is 82.9 cm³/mol. The molecule has 0 atom stereocenters. The predicted octanol–water partition coefficient (Wildman–Crippen LogP) is 3.09. The minimum absolute atomic E-state index is 0.00327. The summed E-state index contributed by atoms with van der Waals surface area (Å²) < 4.78 is 37.3. The highest BCUT2D eigenvalue weighted by Crippen LogP contribution is 2.24. The summed E-state index contributed by atoms with van der Waals surface area (Å²) in [5.41, 5.74) is 0.534. The number of hydrogen-bond donors (Lipinski definition) is 0. The molecule has 0 bridgehead atoms. The summed E-state index contributed by atoms with van der Waals surface area (Å²) >= 11 is 0. The molecule has 0 aliphatic carbocycles. The number of alkyl halides is 3. The van der Waals surface area contributed by atoms with Crippen LogP contribution in [0.15, 0.2) is 48.5 Å². The van der Waals surface area contributed by atoms with Crippen LogP contribution < -0.4 is 0 Å². The summed E-state index contributed by atoms with van der Waals surface area (Å²) in [6.45, 7) is 0. The second-order valence-corrected chi connectivity index (χ2v) is 5.70. The number of carbonyl (C=O) groups excluding carboxylic acids is 3. The van der Waals surface area contributed by atoms with Crippen molar-refractivity contribution >= 4 is 17.8 Å². The van der Waals surface area contributed by atoms with Gasteiger partial charge in [0, 0.05) is 0 Å². The van der Waals surface area contributed by atoms with Crippen molar-refractivity contribution in [2.24, 2.45) is 0 Å². The Balaban J connectivity index is 1.68. The molecular weight excluding hydrogens is 351 g/mol. The van der Waals surface area contributed by atoms with E-state index in [0.717, 1.165) is 0 Å². The number of halogens is 3. The Morgan fingerprint density at radius 3 is 2.08 bits per heavy atom. The molecule has 8 heteroatoms. The lowest BCUT2D eigenvalue weighted by atomic mass is 10.1. The van der Waals surface area contributed by atoms with Gasteiger partial charge in [-0.25, -0.2) is 4.79 Å². The van der Waals surface area contributed by atoms with Crippen molar-refractivity contribution in [1.29, 1.82) is 0 Å². The molecule has 1 heterocycles. The van der Waals surface area contributed by atoms with Gasteiger partial charge in [0.1, 0.15) is 0 Å². The molecule has 0 unspecified atom stereocenters. The Kier molecular flexibility index (Phi) is 4.50. The molecule has 1 aliphatic heterocycles. The number of rotatable bonds is 4. The fraction of sp³-hybridized carbons (Fsp3) is 0.167. The number of imide groups is 1. The third-order valence-electron chi connectivity index (χ3n) is 3.69. The number of nitrogens with zero attached hydrogens (tertiary/aromatic N) is 1. The Hall–Kier alpha value is -3.16. The van der Waals surface area contributed by atoms with E-state index < -0.39 is 30.4 Å². The topological polar surface area (TPSA) is 63.7 Å². The van der Waals surface area contributed by atoms with E-state index in [1.807, 2.05) is 0 Å². The second-order valence-electron chi connectivity index (χ2n) is 5.70. The first-order valence-corrected chi connectivity index (χ1v) is 7.58. The first-order valence-electron chi connectivity index (χ1n) is 7.58. The molecule has 0 fully saturated rings. The van der Waals surface area contributed by atoms with Gasteiger partial charge in [0.05, 0.1) is 24.0 Å². The van der Waals surface area contributed by atoms with Crippen LogP contribution in [0.5, 0.6) is 0 Å². The first-order chi connectivity index (χ1) is 12.2. The number of benzene rings is 2. The number of hydrogen-bond acceptors (Lipinski definition) is 4. The van der Waals surface area contributed by atoms with Gasteiger partial charge in [-0.3, -0.25) is 9.59 Å². The highest BCUT2D eigenvalue weighted by molar-refractivity contribution is 6.20. The molecule has 0 spiro atoms. The third-order valence-corrected chi connectivity index (χ3v) is 3.69. The first kappa shape index (κ1) is 17.7. The van der Waals surface area contributed by atoms with E-state index in [1.165, 1.54) is 36.4 Å². The van der Waals surface area contributed by atoms with Crippen molar-refractivity contribution in [2.45, 2.75) is 19.0 Å². The van der Waals surface area contributed by atoms with Crippen molar-refractivity contribution in [3.05, 3.63) is 70.8 Å². The normalized spacial score (nSPS) is 13.7. The maximum absolute atomic E-state index is 12.4. The van der Waals surface area contributed by atoms with Gasteiger partial charge < -0.3 is 4.84 Å². The zero-order valence-corrected chi connectivity index (χ0v) is 13.2. The standard InChI is InChI=1S/C18H12F3NO4/c19-18(20,21)10-12-5-3-4-11(8-12)9-15(23)26-22-16(24)13-6-1-2-7-14(13)17(22)25/h1-8H,9-10H2. The molecule has 134 valence electrons. The molecule has 1 aliphatic rings. The van der Waals surface area contributed by atoms with Crippen LogP contribution in [0.3, 0.4) is 0 Å². The minimum Gasteiger partial charge on any atom is -0.329 e. The highest BCUT2D eigenvalue weighted by atomic mass is 19.4. The summed E-state index contributed by atoms with van der Waals surface area (Å²) in [5.74, 6) is -2.45. The zero-order chi connectivity index (χ0) is 18.9. The maximum Gasteiger partial charge on any atom is 0.393 e. The van der Waals surface area contributed by atoms with Crippen molar-refractivity contribution in [3.63, 3.8) is 0 Å². The lowest BCUT2D eigenvalue weighted by molar-refractivity contribution is -0.167. The molecule has 26 heavy (non-hydrogen) atoms. The number of fused-ring (bicyclic) bond motifs is 1. The van der Waals surface area contributed by atoms with Gasteiger partial charge in [0.25, 0.3) is 11.8 Å². The number of amides is 2. The lowest BCUT2D eigenvalue weighted by Crippen LogP contribution is -2.33. The molecule has 3 rings (SSSR count). The second kappa shape index (κ2) is 6.62. The highest BCUT2D eigenvalue weighted by Gasteiger charge is 2.38. The van der Waals surface area contributed by atoms with Crippen molar-refractivity contribution in [3.8, 4) is 0 Å². The largest absolute Gasteiger partial charge is 0.393 e. The molecule has 2 aromatic rings. The summed E-state index contributed by atoms with van der Waals surface area (Å²) in [6.07, 6.45) is -5.85. The van der Waals surface area contributed by atoms with Crippen LogP contribution in [0.25, 0.3) is 0 Å². The third kappa shape index (κ3) is 3.74. The van der Waals surface area contributed by atoms with E-state index >= 15 is 0 Å². The molecule has 0 N–H and O–H groups in total. The fourth-order valence-corrected chi connectivity index (χ4v) is 2.63. The van der Waals surface area contributed by atoms with E-state index in [1.54, 1.807) is 12.1 Å². The van der Waals surface area contributed by atoms with E-state index in [0.29, 0.717) is 5.06 Å². The van der Waals surface area contributed by atoms with Crippen molar-refractivity contribution in [1.82, 2.24) is 5.06 Å². The smallest absolute Gasteiger partial charge is 0.329 e.